The lowest BCUT2D eigenvalue weighted by atomic mass is 10.0. The van der Waals surface area contributed by atoms with Gasteiger partial charge in [-0.2, -0.15) is 0 Å². The number of nitrogens with one attached hydrogen (secondary N) is 1. The lowest BCUT2D eigenvalue weighted by Gasteiger charge is -2.32. The highest BCUT2D eigenvalue weighted by molar-refractivity contribution is 5.89. The number of amides is 2. The first-order valence-corrected chi connectivity index (χ1v) is 12.6. The van der Waals surface area contributed by atoms with Gasteiger partial charge < -0.3 is 24.4 Å². The summed E-state index contributed by atoms with van der Waals surface area (Å²) in [6.07, 6.45) is 2.02. The second-order valence-electron chi connectivity index (χ2n) is 9.07. The standard InChI is InChI=1S/C30H34N2O5/c1-35-26-16-15-23(18-27(26)36-2)19-28(33)32(21-22-10-5-3-6-11-22)29(24-12-7-4-8-13-24)30(34)31-20-25-14-9-17-37-25/h3-8,10-13,15-16,18,25,29H,9,14,17,19-21H2,1-2H3,(H,31,34)/t25-,29-/m1/s1. The van der Waals surface area contributed by atoms with Crippen LogP contribution in [0, 0.1) is 0 Å². The molecule has 1 fully saturated rings. The first-order chi connectivity index (χ1) is 18.1. The molecule has 1 aliphatic rings. The molecular formula is C30H34N2O5. The summed E-state index contributed by atoms with van der Waals surface area (Å²) in [5, 5.41) is 3.05. The Bertz CT molecular complexity index is 1160. The Kier molecular flexibility index (Phi) is 9.16. The number of hydrogen-bond acceptors (Lipinski definition) is 5. The van der Waals surface area contributed by atoms with Gasteiger partial charge >= 0.3 is 0 Å². The zero-order chi connectivity index (χ0) is 26.0. The minimum Gasteiger partial charge on any atom is -0.493 e. The second-order valence-corrected chi connectivity index (χ2v) is 9.07. The second kappa shape index (κ2) is 12.9. The molecule has 0 aliphatic carbocycles. The van der Waals surface area contributed by atoms with Gasteiger partial charge in [-0.05, 0) is 41.7 Å². The molecule has 0 spiro atoms. The van der Waals surface area contributed by atoms with Crippen LogP contribution in [0.5, 0.6) is 11.5 Å². The van der Waals surface area contributed by atoms with Gasteiger partial charge in [0, 0.05) is 19.7 Å². The molecule has 7 heteroatoms. The highest BCUT2D eigenvalue weighted by Gasteiger charge is 2.32. The maximum atomic E-state index is 13.9. The van der Waals surface area contributed by atoms with Crippen LogP contribution in [0.3, 0.4) is 0 Å². The number of benzene rings is 3. The summed E-state index contributed by atoms with van der Waals surface area (Å²) in [6, 6.07) is 23.8. The predicted molar refractivity (Wildman–Crippen MR) is 141 cm³/mol. The molecule has 0 saturated carbocycles. The van der Waals surface area contributed by atoms with Crippen LogP contribution in [0.2, 0.25) is 0 Å². The molecular weight excluding hydrogens is 468 g/mol. The van der Waals surface area contributed by atoms with E-state index >= 15 is 0 Å². The van der Waals surface area contributed by atoms with E-state index in [1.54, 1.807) is 31.3 Å². The van der Waals surface area contributed by atoms with E-state index in [0.29, 0.717) is 31.2 Å². The molecule has 4 rings (SSSR count). The van der Waals surface area contributed by atoms with Crippen LogP contribution in [0.25, 0.3) is 0 Å². The van der Waals surface area contributed by atoms with E-state index in [4.69, 9.17) is 14.2 Å². The van der Waals surface area contributed by atoms with Gasteiger partial charge in [0.1, 0.15) is 6.04 Å². The Morgan fingerprint density at radius 2 is 1.65 bits per heavy atom. The van der Waals surface area contributed by atoms with Gasteiger partial charge in [-0.15, -0.1) is 0 Å². The molecule has 0 bridgehead atoms. The van der Waals surface area contributed by atoms with Crippen molar-refractivity contribution < 1.29 is 23.8 Å². The predicted octanol–water partition coefficient (Wildman–Crippen LogP) is 4.31. The van der Waals surface area contributed by atoms with Gasteiger partial charge in [0.2, 0.25) is 11.8 Å². The van der Waals surface area contributed by atoms with Crippen LogP contribution >= 0.6 is 0 Å². The van der Waals surface area contributed by atoms with Crippen molar-refractivity contribution >= 4 is 11.8 Å². The van der Waals surface area contributed by atoms with Gasteiger partial charge in [0.25, 0.3) is 0 Å². The summed E-state index contributed by atoms with van der Waals surface area (Å²) < 4.78 is 16.5. The normalized spacial score (nSPS) is 15.6. The van der Waals surface area contributed by atoms with Gasteiger partial charge in [0.05, 0.1) is 26.7 Å². The first kappa shape index (κ1) is 26.2. The minimum absolute atomic E-state index is 0.00501. The molecule has 2 atom stereocenters. The van der Waals surface area contributed by atoms with Crippen LogP contribution in [0.15, 0.2) is 78.9 Å². The molecule has 1 heterocycles. The van der Waals surface area contributed by atoms with Crippen molar-refractivity contribution in [3.63, 3.8) is 0 Å². The van der Waals surface area contributed by atoms with Crippen molar-refractivity contribution in [1.29, 1.82) is 0 Å². The van der Waals surface area contributed by atoms with Crippen molar-refractivity contribution in [2.24, 2.45) is 0 Å². The molecule has 0 unspecified atom stereocenters. The molecule has 3 aromatic carbocycles. The third-order valence-electron chi connectivity index (χ3n) is 6.52. The quantitative estimate of drug-likeness (QED) is 0.423. The smallest absolute Gasteiger partial charge is 0.247 e. The highest BCUT2D eigenvalue weighted by atomic mass is 16.5. The van der Waals surface area contributed by atoms with Gasteiger partial charge in [0.15, 0.2) is 11.5 Å². The van der Waals surface area contributed by atoms with Gasteiger partial charge in [-0.1, -0.05) is 66.7 Å². The maximum Gasteiger partial charge on any atom is 0.247 e. The molecule has 1 saturated heterocycles. The molecule has 1 aliphatic heterocycles. The minimum atomic E-state index is -0.796. The molecule has 1 N–H and O–H groups in total. The van der Waals surface area contributed by atoms with E-state index in [2.05, 4.69) is 5.32 Å². The number of carbonyl (C=O) groups excluding carboxylic acids is 2. The summed E-state index contributed by atoms with van der Waals surface area (Å²) in [6.45, 7) is 1.43. The number of rotatable bonds is 11. The summed E-state index contributed by atoms with van der Waals surface area (Å²) in [5.74, 6) is 0.752. The van der Waals surface area contributed by atoms with Crippen molar-refractivity contribution in [3.8, 4) is 11.5 Å². The topological polar surface area (TPSA) is 77.1 Å². The van der Waals surface area contributed by atoms with E-state index in [1.165, 1.54) is 0 Å². The third kappa shape index (κ3) is 6.89. The van der Waals surface area contributed by atoms with E-state index in [-0.39, 0.29) is 24.3 Å². The zero-order valence-electron chi connectivity index (χ0n) is 21.4. The SMILES string of the molecule is COc1ccc(CC(=O)N(Cc2ccccc2)[C@@H](C(=O)NC[C@H]2CCCO2)c2ccccc2)cc1OC. The van der Waals surface area contributed by atoms with Crippen molar-refractivity contribution in [2.45, 2.75) is 38.0 Å². The molecule has 0 aromatic heterocycles. The summed E-state index contributed by atoms with van der Waals surface area (Å²) in [4.78, 5) is 29.2. The van der Waals surface area contributed by atoms with Crippen molar-refractivity contribution in [3.05, 3.63) is 95.6 Å². The van der Waals surface area contributed by atoms with Crippen molar-refractivity contribution in [2.75, 3.05) is 27.4 Å². The Balaban J connectivity index is 1.65. The van der Waals surface area contributed by atoms with Crippen LogP contribution in [-0.2, 0) is 27.3 Å². The average molecular weight is 503 g/mol. The molecule has 3 aromatic rings. The fourth-order valence-corrected chi connectivity index (χ4v) is 4.59. The summed E-state index contributed by atoms with van der Waals surface area (Å²) in [5.41, 5.74) is 2.47. The maximum absolute atomic E-state index is 13.9. The van der Waals surface area contributed by atoms with Crippen LogP contribution in [-0.4, -0.2) is 50.2 Å². The van der Waals surface area contributed by atoms with Crippen LogP contribution < -0.4 is 14.8 Å². The number of hydrogen-bond donors (Lipinski definition) is 1. The molecule has 0 radical (unpaired) electrons. The largest absolute Gasteiger partial charge is 0.493 e. The lowest BCUT2D eigenvalue weighted by Crippen LogP contribution is -2.45. The van der Waals surface area contributed by atoms with Gasteiger partial charge in [-0.3, -0.25) is 9.59 Å². The van der Waals surface area contributed by atoms with E-state index < -0.39 is 6.04 Å². The van der Waals surface area contributed by atoms with Crippen LogP contribution in [0.1, 0.15) is 35.6 Å². The van der Waals surface area contributed by atoms with Crippen LogP contribution in [0.4, 0.5) is 0 Å². The lowest BCUT2D eigenvalue weighted by molar-refractivity contribution is -0.141. The number of ether oxygens (including phenoxy) is 3. The third-order valence-corrected chi connectivity index (χ3v) is 6.52. The van der Waals surface area contributed by atoms with E-state index in [1.807, 2.05) is 66.7 Å². The number of nitrogens with zero attached hydrogens (tertiary/aromatic N) is 1. The van der Waals surface area contributed by atoms with E-state index in [0.717, 1.165) is 29.5 Å². The monoisotopic (exact) mass is 502 g/mol. The first-order valence-electron chi connectivity index (χ1n) is 12.6. The summed E-state index contributed by atoms with van der Waals surface area (Å²) in [7, 11) is 3.14. The molecule has 7 nitrogen and oxygen atoms in total. The Labute approximate surface area is 218 Å². The number of carbonyl (C=O) groups is 2. The summed E-state index contributed by atoms with van der Waals surface area (Å²) >= 11 is 0. The van der Waals surface area contributed by atoms with Crippen molar-refractivity contribution in [1.82, 2.24) is 10.2 Å². The van der Waals surface area contributed by atoms with E-state index in [9.17, 15) is 9.59 Å². The molecule has 194 valence electrons. The fourth-order valence-electron chi connectivity index (χ4n) is 4.59. The van der Waals surface area contributed by atoms with Gasteiger partial charge in [-0.25, -0.2) is 0 Å². The Hall–Kier alpha value is -3.84. The fraction of sp³-hybridized carbons (Fsp3) is 0.333. The Morgan fingerprint density at radius 1 is 0.946 bits per heavy atom. The zero-order valence-corrected chi connectivity index (χ0v) is 21.4. The number of methoxy groups -OCH3 is 2. The Morgan fingerprint density at radius 3 is 2.30 bits per heavy atom. The average Bonchev–Trinajstić information content (AvgIpc) is 3.46. The highest BCUT2D eigenvalue weighted by Crippen LogP contribution is 2.29. The molecule has 37 heavy (non-hydrogen) atoms. The molecule has 2 amide bonds.